The molecular formula is C64H46N4O2. The molecule has 0 bridgehead atoms. The van der Waals surface area contributed by atoms with Crippen LogP contribution in [-0.4, -0.2) is 9.97 Å². The lowest BCUT2D eigenvalue weighted by Crippen LogP contribution is -2.10. The molecule has 0 atom stereocenters. The third kappa shape index (κ3) is 8.62. The number of benzene rings is 10. The maximum absolute atomic E-state index is 6.10. The Hall–Kier alpha value is -9.26. The molecule has 334 valence electrons. The third-order valence-electron chi connectivity index (χ3n) is 12.9. The van der Waals surface area contributed by atoms with Gasteiger partial charge in [-0.15, -0.1) is 0 Å². The van der Waals surface area contributed by atoms with E-state index in [4.69, 9.17) is 18.8 Å². The standard InChI is InChI=1S/C64H46N4O2/c1-43-11-25-53(26-12-43)67(55-29-15-45(16-30-55)19-37-63-65-59-39-49-7-3-5-9-51(49)41-61(59)69-63)57-33-21-47(22-34-57)48-23-35-58(36-24-48)68(54-27-13-44(2)14-28-54)56-31-17-46(18-32-56)20-38-64-66-60-40-50-8-4-6-10-52(50)42-62(60)70-64/h3-42H,1-2H3/b37-19+,38-20+. The van der Waals surface area contributed by atoms with Gasteiger partial charge in [-0.05, 0) is 167 Å². The Labute approximate surface area is 406 Å². The molecule has 0 unspecified atom stereocenters. The van der Waals surface area contributed by atoms with Crippen LogP contribution in [0.15, 0.2) is 227 Å². The molecule has 0 saturated heterocycles. The highest BCUT2D eigenvalue weighted by Gasteiger charge is 2.16. The van der Waals surface area contributed by atoms with Gasteiger partial charge in [0.2, 0.25) is 11.8 Å². The molecule has 70 heavy (non-hydrogen) atoms. The van der Waals surface area contributed by atoms with E-state index >= 15 is 0 Å². The highest BCUT2D eigenvalue weighted by atomic mass is 16.4. The average molecular weight is 903 g/mol. The van der Waals surface area contributed by atoms with E-state index in [1.807, 2.05) is 48.6 Å². The quantitative estimate of drug-likeness (QED) is 0.129. The molecule has 2 heterocycles. The van der Waals surface area contributed by atoms with Crippen LogP contribution in [0.5, 0.6) is 0 Å². The molecule has 12 aromatic rings. The first-order chi connectivity index (χ1) is 34.4. The van der Waals surface area contributed by atoms with E-state index in [9.17, 15) is 0 Å². The van der Waals surface area contributed by atoms with Crippen molar-refractivity contribution in [3.05, 3.63) is 252 Å². The molecule has 0 aliphatic carbocycles. The maximum Gasteiger partial charge on any atom is 0.220 e. The van der Waals surface area contributed by atoms with Crippen molar-refractivity contribution in [1.29, 1.82) is 0 Å². The van der Waals surface area contributed by atoms with Crippen molar-refractivity contribution in [2.24, 2.45) is 0 Å². The molecule has 0 fully saturated rings. The molecular weight excluding hydrogens is 857 g/mol. The number of hydrogen-bond acceptors (Lipinski definition) is 6. The number of aryl methyl sites for hydroxylation is 2. The lowest BCUT2D eigenvalue weighted by atomic mass is 10.0. The van der Waals surface area contributed by atoms with Crippen LogP contribution in [0.1, 0.15) is 34.0 Å². The van der Waals surface area contributed by atoms with Gasteiger partial charge in [0, 0.05) is 46.3 Å². The van der Waals surface area contributed by atoms with Crippen molar-refractivity contribution in [2.45, 2.75) is 13.8 Å². The average Bonchev–Trinajstić information content (AvgIpc) is 4.00. The summed E-state index contributed by atoms with van der Waals surface area (Å²) in [6.07, 6.45) is 7.96. The predicted octanol–water partition coefficient (Wildman–Crippen LogP) is 17.8. The number of hydrogen-bond donors (Lipinski definition) is 0. The summed E-state index contributed by atoms with van der Waals surface area (Å²) < 4.78 is 12.2. The SMILES string of the molecule is Cc1ccc(N(c2ccc(/C=C/c3nc4cc5ccccc5cc4o3)cc2)c2ccc(-c3ccc(N(c4ccc(C)cc4)c4ccc(/C=C/c5nc6cc7ccccc7cc6o5)cc4)cc3)cc2)cc1. The second kappa shape index (κ2) is 18.1. The van der Waals surface area contributed by atoms with E-state index in [1.165, 1.54) is 11.1 Å². The minimum atomic E-state index is 0.580. The Morgan fingerprint density at radius 2 is 0.629 bits per heavy atom. The summed E-state index contributed by atoms with van der Waals surface area (Å²) in [6, 6.07) is 77.0. The lowest BCUT2D eigenvalue weighted by molar-refractivity contribution is 0.589. The van der Waals surface area contributed by atoms with Gasteiger partial charge in [0.15, 0.2) is 11.2 Å². The fourth-order valence-corrected chi connectivity index (χ4v) is 9.10. The van der Waals surface area contributed by atoms with E-state index in [0.717, 1.165) is 100 Å². The van der Waals surface area contributed by atoms with Crippen LogP contribution in [0.2, 0.25) is 0 Å². The summed E-state index contributed by atoms with van der Waals surface area (Å²) in [5, 5.41) is 4.57. The molecule has 6 nitrogen and oxygen atoms in total. The smallest absolute Gasteiger partial charge is 0.220 e. The second-order valence-corrected chi connectivity index (χ2v) is 17.7. The summed E-state index contributed by atoms with van der Waals surface area (Å²) in [4.78, 5) is 14.1. The molecule has 0 radical (unpaired) electrons. The Bertz CT molecular complexity index is 3500. The van der Waals surface area contributed by atoms with E-state index < -0.39 is 0 Å². The fraction of sp³-hybridized carbons (Fsp3) is 0.0312. The van der Waals surface area contributed by atoms with Crippen molar-refractivity contribution in [2.75, 3.05) is 9.80 Å². The fourth-order valence-electron chi connectivity index (χ4n) is 9.10. The van der Waals surface area contributed by atoms with Gasteiger partial charge >= 0.3 is 0 Å². The van der Waals surface area contributed by atoms with Crippen LogP contribution in [0.4, 0.5) is 34.1 Å². The third-order valence-corrected chi connectivity index (χ3v) is 12.9. The highest BCUT2D eigenvalue weighted by molar-refractivity contribution is 5.96. The lowest BCUT2D eigenvalue weighted by Gasteiger charge is -2.26. The number of oxazole rings is 2. The van der Waals surface area contributed by atoms with Crippen LogP contribution in [-0.2, 0) is 0 Å². The number of anilines is 6. The molecule has 12 rings (SSSR count). The van der Waals surface area contributed by atoms with Crippen molar-refractivity contribution in [3.8, 4) is 11.1 Å². The van der Waals surface area contributed by atoms with Gasteiger partial charge < -0.3 is 18.6 Å². The van der Waals surface area contributed by atoms with Crippen molar-refractivity contribution < 1.29 is 8.83 Å². The molecule has 0 aliphatic rings. The van der Waals surface area contributed by atoms with E-state index in [0.29, 0.717) is 11.8 Å². The predicted molar refractivity (Wildman–Crippen MR) is 292 cm³/mol. The van der Waals surface area contributed by atoms with Gasteiger partial charge in [0.05, 0.1) is 0 Å². The first kappa shape index (κ1) is 42.1. The minimum Gasteiger partial charge on any atom is -0.437 e. The van der Waals surface area contributed by atoms with E-state index in [2.05, 4.69) is 218 Å². The van der Waals surface area contributed by atoms with Gasteiger partial charge in [-0.1, -0.05) is 132 Å². The number of rotatable bonds is 11. The molecule has 2 aromatic heterocycles. The number of nitrogens with zero attached hydrogens (tertiary/aromatic N) is 4. The molecule has 0 amide bonds. The Balaban J connectivity index is 0.780. The molecule has 0 saturated carbocycles. The zero-order valence-corrected chi connectivity index (χ0v) is 38.7. The van der Waals surface area contributed by atoms with Crippen LogP contribution < -0.4 is 9.80 Å². The zero-order valence-electron chi connectivity index (χ0n) is 38.7. The molecule has 0 spiro atoms. The maximum atomic E-state index is 6.10. The number of fused-ring (bicyclic) bond motifs is 4. The molecule has 6 heteroatoms. The first-order valence-electron chi connectivity index (χ1n) is 23.5. The Kier molecular flexibility index (Phi) is 10.9. The summed E-state index contributed by atoms with van der Waals surface area (Å²) >= 11 is 0. The summed E-state index contributed by atoms with van der Waals surface area (Å²) in [6.45, 7) is 4.24. The van der Waals surface area contributed by atoms with Crippen LogP contribution >= 0.6 is 0 Å². The molecule has 0 N–H and O–H groups in total. The summed E-state index contributed by atoms with van der Waals surface area (Å²) in [5.41, 5.74) is 16.5. The first-order valence-corrected chi connectivity index (χ1v) is 23.5. The van der Waals surface area contributed by atoms with Crippen molar-refractivity contribution in [3.63, 3.8) is 0 Å². The topological polar surface area (TPSA) is 58.5 Å². The monoisotopic (exact) mass is 902 g/mol. The van der Waals surface area contributed by atoms with Crippen LogP contribution in [0, 0.1) is 13.8 Å². The van der Waals surface area contributed by atoms with Gasteiger partial charge in [0.25, 0.3) is 0 Å². The van der Waals surface area contributed by atoms with Crippen molar-refractivity contribution in [1.82, 2.24) is 9.97 Å². The minimum absolute atomic E-state index is 0.580. The van der Waals surface area contributed by atoms with Gasteiger partial charge in [-0.3, -0.25) is 0 Å². The van der Waals surface area contributed by atoms with Crippen molar-refractivity contribution >= 4 is 102 Å². The normalized spacial score (nSPS) is 11.7. The highest BCUT2D eigenvalue weighted by Crippen LogP contribution is 2.39. The number of aromatic nitrogens is 2. The van der Waals surface area contributed by atoms with Crippen LogP contribution in [0.3, 0.4) is 0 Å². The summed E-state index contributed by atoms with van der Waals surface area (Å²) in [5.74, 6) is 1.16. The summed E-state index contributed by atoms with van der Waals surface area (Å²) in [7, 11) is 0. The zero-order chi connectivity index (χ0) is 47.0. The second-order valence-electron chi connectivity index (χ2n) is 17.7. The van der Waals surface area contributed by atoms with E-state index in [1.54, 1.807) is 0 Å². The Morgan fingerprint density at radius 1 is 0.329 bits per heavy atom. The van der Waals surface area contributed by atoms with Gasteiger partial charge in [-0.2, -0.15) is 0 Å². The van der Waals surface area contributed by atoms with E-state index in [-0.39, 0.29) is 0 Å². The molecule has 0 aliphatic heterocycles. The largest absolute Gasteiger partial charge is 0.437 e. The molecule has 10 aromatic carbocycles. The van der Waals surface area contributed by atoms with Gasteiger partial charge in [0.1, 0.15) is 11.0 Å². The van der Waals surface area contributed by atoms with Gasteiger partial charge in [-0.25, -0.2) is 9.97 Å². The Morgan fingerprint density at radius 3 is 0.971 bits per heavy atom. The van der Waals surface area contributed by atoms with Crippen LogP contribution in [0.25, 0.3) is 79.2 Å².